The largest absolute Gasteiger partial charge is 0.478 e. The van der Waals surface area contributed by atoms with Gasteiger partial charge in [0.1, 0.15) is 5.82 Å². The van der Waals surface area contributed by atoms with Crippen LogP contribution < -0.4 is 5.32 Å². The van der Waals surface area contributed by atoms with Crippen LogP contribution in [0, 0.1) is 5.82 Å². The monoisotopic (exact) mass is 396 g/mol. The zero-order valence-corrected chi connectivity index (χ0v) is 15.7. The van der Waals surface area contributed by atoms with Gasteiger partial charge in [-0.25, -0.2) is 9.18 Å². The van der Waals surface area contributed by atoms with E-state index < -0.39 is 5.97 Å². The average Bonchev–Trinajstić information content (AvgIpc) is 2.74. The number of nitrogens with one attached hydrogen (secondary N) is 1. The molecule has 1 aliphatic heterocycles. The second kappa shape index (κ2) is 8.14. The van der Waals surface area contributed by atoms with Crippen molar-refractivity contribution in [1.29, 1.82) is 0 Å². The highest BCUT2D eigenvalue weighted by molar-refractivity contribution is 5.99. The predicted molar refractivity (Wildman–Crippen MR) is 107 cm³/mol. The highest BCUT2D eigenvalue weighted by Gasteiger charge is 2.22. The fourth-order valence-electron chi connectivity index (χ4n) is 3.75. The van der Waals surface area contributed by atoms with E-state index in [9.17, 15) is 19.4 Å². The summed E-state index contributed by atoms with van der Waals surface area (Å²) in [7, 11) is 0. The molecule has 6 nitrogen and oxygen atoms in total. The molecule has 1 saturated heterocycles. The number of nitrogens with zero attached hydrogens (tertiary/aromatic N) is 1. The number of aliphatic hydroxyl groups excluding tert-OH is 1. The van der Waals surface area contributed by atoms with Crippen LogP contribution >= 0.6 is 0 Å². The lowest BCUT2D eigenvalue weighted by Crippen LogP contribution is -2.16. The van der Waals surface area contributed by atoms with Crippen molar-refractivity contribution in [3.8, 4) is 0 Å². The van der Waals surface area contributed by atoms with E-state index in [0.717, 1.165) is 18.4 Å². The minimum Gasteiger partial charge on any atom is -0.478 e. The summed E-state index contributed by atoms with van der Waals surface area (Å²) in [5, 5.41) is 22.8. The smallest absolute Gasteiger partial charge is 0.337 e. The molecule has 0 unspecified atom stereocenters. The minimum atomic E-state index is -1.11. The number of hydrogen-bond donors (Lipinski definition) is 3. The van der Waals surface area contributed by atoms with E-state index in [1.807, 2.05) is 0 Å². The fraction of sp³-hybridized carbons (Fsp3) is 0.273. The Kier molecular flexibility index (Phi) is 5.42. The lowest BCUT2D eigenvalue weighted by Gasteiger charge is -2.26. The maximum absolute atomic E-state index is 14.0. The average molecular weight is 396 g/mol. The Labute approximate surface area is 167 Å². The molecule has 2 heterocycles. The number of halogens is 1. The zero-order valence-electron chi connectivity index (χ0n) is 15.7. The van der Waals surface area contributed by atoms with Gasteiger partial charge < -0.3 is 20.3 Å². The van der Waals surface area contributed by atoms with Crippen LogP contribution in [0.5, 0.6) is 0 Å². The highest BCUT2D eigenvalue weighted by Crippen LogP contribution is 2.38. The summed E-state index contributed by atoms with van der Waals surface area (Å²) in [5.74, 6) is -1.32. The summed E-state index contributed by atoms with van der Waals surface area (Å²) in [5.41, 5.74) is 3.10. The Hall–Kier alpha value is -3.03. The standard InChI is InChI=1S/C22H21FN2O4/c23-15-2-4-19-16(10-15)21(18(11-24-19)14-5-7-29-8-6-14)25-20-3-1-13(12-26)9-17(20)22(27)28/h1-4,9-11,14,26H,5-8,12H2,(H,24,25)(H,27,28). The van der Waals surface area contributed by atoms with Crippen LogP contribution in [0.15, 0.2) is 42.6 Å². The van der Waals surface area contributed by atoms with Gasteiger partial charge >= 0.3 is 5.97 Å². The first-order valence-electron chi connectivity index (χ1n) is 9.47. The van der Waals surface area contributed by atoms with Crippen molar-refractivity contribution in [2.75, 3.05) is 18.5 Å². The molecule has 3 aromatic rings. The maximum atomic E-state index is 14.0. The number of aliphatic hydroxyl groups is 1. The zero-order chi connectivity index (χ0) is 20.4. The first-order chi connectivity index (χ1) is 14.1. The molecule has 7 heteroatoms. The number of pyridine rings is 1. The molecule has 1 fully saturated rings. The van der Waals surface area contributed by atoms with Gasteiger partial charge in [-0.2, -0.15) is 0 Å². The molecular formula is C22H21FN2O4. The molecule has 3 N–H and O–H groups in total. The lowest BCUT2D eigenvalue weighted by molar-refractivity contribution is 0.0697. The quantitative estimate of drug-likeness (QED) is 0.599. The number of ether oxygens (including phenoxy) is 1. The number of carboxylic acid groups (broad SMARTS) is 1. The van der Waals surface area contributed by atoms with Gasteiger partial charge in [-0.3, -0.25) is 4.98 Å². The van der Waals surface area contributed by atoms with Crippen molar-refractivity contribution in [2.24, 2.45) is 0 Å². The van der Waals surface area contributed by atoms with Crippen molar-refractivity contribution < 1.29 is 24.1 Å². The van der Waals surface area contributed by atoms with Gasteiger partial charge in [0.25, 0.3) is 0 Å². The summed E-state index contributed by atoms with van der Waals surface area (Å²) in [4.78, 5) is 16.3. The van der Waals surface area contributed by atoms with Crippen LogP contribution in [0.4, 0.5) is 15.8 Å². The molecule has 0 aliphatic carbocycles. The molecule has 150 valence electrons. The normalized spacial score (nSPS) is 14.8. The van der Waals surface area contributed by atoms with Crippen molar-refractivity contribution in [3.05, 3.63) is 65.1 Å². The van der Waals surface area contributed by atoms with Gasteiger partial charge in [-0.05, 0) is 60.2 Å². The van der Waals surface area contributed by atoms with E-state index in [1.54, 1.807) is 24.4 Å². The predicted octanol–water partition coefficient (Wildman–Crippen LogP) is 4.20. The molecule has 0 bridgehead atoms. The molecule has 4 rings (SSSR count). The Balaban J connectivity index is 1.87. The first-order valence-corrected chi connectivity index (χ1v) is 9.47. The van der Waals surface area contributed by atoms with Gasteiger partial charge in [-0.1, -0.05) is 6.07 Å². The molecule has 0 spiro atoms. The van der Waals surface area contributed by atoms with E-state index >= 15 is 0 Å². The van der Waals surface area contributed by atoms with Gasteiger partial charge in [0.05, 0.1) is 29.1 Å². The number of aromatic nitrogens is 1. The van der Waals surface area contributed by atoms with Crippen LogP contribution in [-0.2, 0) is 11.3 Å². The van der Waals surface area contributed by atoms with Crippen molar-refractivity contribution in [2.45, 2.75) is 25.4 Å². The van der Waals surface area contributed by atoms with Crippen molar-refractivity contribution >= 4 is 28.2 Å². The maximum Gasteiger partial charge on any atom is 0.337 e. The summed E-state index contributed by atoms with van der Waals surface area (Å²) in [6, 6.07) is 9.09. The molecule has 2 aromatic carbocycles. The molecule has 0 saturated carbocycles. The van der Waals surface area contributed by atoms with E-state index in [4.69, 9.17) is 4.74 Å². The topological polar surface area (TPSA) is 91.7 Å². The van der Waals surface area contributed by atoms with Crippen LogP contribution in [0.25, 0.3) is 10.9 Å². The van der Waals surface area contributed by atoms with Crippen molar-refractivity contribution in [3.63, 3.8) is 0 Å². The third kappa shape index (κ3) is 3.92. The number of anilines is 2. The van der Waals surface area contributed by atoms with Crippen LogP contribution in [0.2, 0.25) is 0 Å². The molecule has 0 atom stereocenters. The Bertz CT molecular complexity index is 1060. The molecule has 0 amide bonds. The molecule has 1 aliphatic rings. The fourth-order valence-corrected chi connectivity index (χ4v) is 3.75. The minimum absolute atomic E-state index is 0.0378. The van der Waals surface area contributed by atoms with Crippen LogP contribution in [-0.4, -0.2) is 34.4 Å². The van der Waals surface area contributed by atoms with E-state index in [-0.39, 0.29) is 23.9 Å². The summed E-state index contributed by atoms with van der Waals surface area (Å²) in [6.45, 7) is 1.02. The summed E-state index contributed by atoms with van der Waals surface area (Å²) < 4.78 is 19.5. The van der Waals surface area contributed by atoms with Gasteiger partial charge in [0, 0.05) is 24.8 Å². The number of fused-ring (bicyclic) bond motifs is 1. The Morgan fingerprint density at radius 1 is 1.21 bits per heavy atom. The summed E-state index contributed by atoms with van der Waals surface area (Å²) >= 11 is 0. The second-order valence-electron chi connectivity index (χ2n) is 7.10. The first kappa shape index (κ1) is 19.3. The third-order valence-corrected chi connectivity index (χ3v) is 5.28. The van der Waals surface area contributed by atoms with Gasteiger partial charge in [0.2, 0.25) is 0 Å². The number of rotatable bonds is 5. The SMILES string of the molecule is O=C(O)c1cc(CO)ccc1Nc1c(C2CCOCC2)cnc2ccc(F)cc12. The third-order valence-electron chi connectivity index (χ3n) is 5.28. The van der Waals surface area contributed by atoms with E-state index in [0.29, 0.717) is 41.1 Å². The number of carboxylic acids is 1. The van der Waals surface area contributed by atoms with Crippen LogP contribution in [0.3, 0.4) is 0 Å². The summed E-state index contributed by atoms with van der Waals surface area (Å²) in [6.07, 6.45) is 3.40. The van der Waals surface area contributed by atoms with Crippen molar-refractivity contribution in [1.82, 2.24) is 4.98 Å². The Morgan fingerprint density at radius 2 is 2.00 bits per heavy atom. The number of aromatic carboxylic acids is 1. The molecule has 1 aromatic heterocycles. The van der Waals surface area contributed by atoms with E-state index in [1.165, 1.54) is 18.2 Å². The number of benzene rings is 2. The lowest BCUT2D eigenvalue weighted by atomic mass is 9.90. The van der Waals surface area contributed by atoms with E-state index in [2.05, 4.69) is 10.3 Å². The number of carbonyl (C=O) groups is 1. The Morgan fingerprint density at radius 3 is 2.72 bits per heavy atom. The molecule has 29 heavy (non-hydrogen) atoms. The molecular weight excluding hydrogens is 375 g/mol. The van der Waals surface area contributed by atoms with Gasteiger partial charge in [0.15, 0.2) is 0 Å². The molecule has 0 radical (unpaired) electrons. The number of hydrogen-bond acceptors (Lipinski definition) is 5. The van der Waals surface area contributed by atoms with Gasteiger partial charge in [-0.15, -0.1) is 0 Å². The highest BCUT2D eigenvalue weighted by atomic mass is 19.1. The second-order valence-corrected chi connectivity index (χ2v) is 7.10. The van der Waals surface area contributed by atoms with Crippen LogP contribution in [0.1, 0.15) is 40.2 Å².